The molecule has 1 atom stereocenters. The molecule has 24 heavy (non-hydrogen) atoms. The molecule has 2 heterocycles. The molecule has 0 amide bonds. The van der Waals surface area contributed by atoms with Crippen LogP contribution in [0.2, 0.25) is 0 Å². The second kappa shape index (κ2) is 9.42. The lowest BCUT2D eigenvalue weighted by molar-refractivity contribution is 0.0472. The van der Waals surface area contributed by atoms with Crippen LogP contribution in [0.15, 0.2) is 47.8 Å². The van der Waals surface area contributed by atoms with Crippen LogP contribution in [0, 0.1) is 5.95 Å². The molecule has 1 aromatic carbocycles. The zero-order chi connectivity index (χ0) is 15.4. The average molecular weight is 374 g/mol. The first-order valence-corrected chi connectivity index (χ1v) is 7.01. The Kier molecular flexibility index (Phi) is 7.91. The Morgan fingerprint density at radius 1 is 1.21 bits per heavy atom. The summed E-state index contributed by atoms with van der Waals surface area (Å²) in [5.41, 5.74) is 8.01. The van der Waals surface area contributed by atoms with Crippen molar-refractivity contribution in [1.82, 2.24) is 4.98 Å². The Morgan fingerprint density at radius 2 is 2.00 bits per heavy atom. The standard InChI is InChI=1S/C16H16FN3O2.2ClH/c17-16-6-5-11(9-19-16)14-3-1-2-4-15(14)21-10-13-7-12(8-18)20-22-13;;/h1-6,9,13H,7-8,10,18H2;2*1H. The molecular weight excluding hydrogens is 356 g/mol. The number of aromatic nitrogens is 1. The molecule has 5 nitrogen and oxygen atoms in total. The van der Waals surface area contributed by atoms with E-state index < -0.39 is 5.95 Å². The maximum Gasteiger partial charge on any atom is 0.212 e. The largest absolute Gasteiger partial charge is 0.489 e. The number of rotatable bonds is 5. The third kappa shape index (κ3) is 4.80. The fourth-order valence-corrected chi connectivity index (χ4v) is 2.25. The molecule has 0 aliphatic carbocycles. The van der Waals surface area contributed by atoms with E-state index in [1.165, 1.54) is 12.3 Å². The lowest BCUT2D eigenvalue weighted by atomic mass is 10.1. The summed E-state index contributed by atoms with van der Waals surface area (Å²) >= 11 is 0. The summed E-state index contributed by atoms with van der Waals surface area (Å²) < 4.78 is 18.8. The first-order chi connectivity index (χ1) is 10.8. The van der Waals surface area contributed by atoms with Crippen LogP contribution in [-0.4, -0.2) is 30.0 Å². The van der Waals surface area contributed by atoms with Crippen LogP contribution in [0.4, 0.5) is 4.39 Å². The minimum Gasteiger partial charge on any atom is -0.489 e. The summed E-state index contributed by atoms with van der Waals surface area (Å²) in [6.07, 6.45) is 2.04. The van der Waals surface area contributed by atoms with E-state index in [4.69, 9.17) is 15.3 Å². The number of oxime groups is 1. The van der Waals surface area contributed by atoms with E-state index in [1.54, 1.807) is 6.07 Å². The minimum absolute atomic E-state index is 0. The maximum atomic E-state index is 12.9. The summed E-state index contributed by atoms with van der Waals surface area (Å²) in [6.45, 7) is 0.771. The lowest BCUT2D eigenvalue weighted by Gasteiger charge is -2.14. The highest BCUT2D eigenvalue weighted by atomic mass is 35.5. The third-order valence-electron chi connectivity index (χ3n) is 3.38. The number of ether oxygens (including phenoxy) is 1. The highest BCUT2D eigenvalue weighted by molar-refractivity contribution is 5.87. The SMILES string of the molecule is Cl.Cl.NCC1=NOC(COc2ccccc2-c2ccc(F)nc2)C1. The van der Waals surface area contributed by atoms with E-state index in [0.717, 1.165) is 16.8 Å². The van der Waals surface area contributed by atoms with E-state index in [2.05, 4.69) is 10.1 Å². The molecule has 1 aliphatic heterocycles. The summed E-state index contributed by atoms with van der Waals surface area (Å²) in [7, 11) is 0. The predicted molar refractivity (Wildman–Crippen MR) is 95.6 cm³/mol. The molecule has 8 heteroatoms. The van der Waals surface area contributed by atoms with E-state index in [0.29, 0.717) is 25.3 Å². The van der Waals surface area contributed by atoms with Gasteiger partial charge in [0.1, 0.15) is 12.4 Å². The number of nitrogens with two attached hydrogens (primary N) is 1. The van der Waals surface area contributed by atoms with Gasteiger partial charge in [-0.1, -0.05) is 23.4 Å². The number of pyridine rings is 1. The zero-order valence-corrected chi connectivity index (χ0v) is 14.4. The van der Waals surface area contributed by atoms with Gasteiger partial charge in [-0.3, -0.25) is 0 Å². The molecule has 0 radical (unpaired) electrons. The molecule has 3 rings (SSSR count). The van der Waals surface area contributed by atoms with Gasteiger partial charge in [0.05, 0.1) is 5.71 Å². The van der Waals surface area contributed by atoms with Crippen molar-refractivity contribution in [2.75, 3.05) is 13.2 Å². The van der Waals surface area contributed by atoms with Crippen molar-refractivity contribution < 1.29 is 14.0 Å². The molecule has 1 aliphatic rings. The molecule has 0 saturated carbocycles. The Balaban J connectivity index is 0.00000144. The van der Waals surface area contributed by atoms with Crippen molar-refractivity contribution >= 4 is 30.5 Å². The van der Waals surface area contributed by atoms with Crippen molar-refractivity contribution in [3.63, 3.8) is 0 Å². The number of halogens is 3. The molecule has 0 bridgehead atoms. The van der Waals surface area contributed by atoms with E-state index >= 15 is 0 Å². The average Bonchev–Trinajstić information content (AvgIpc) is 3.02. The number of hydrogen-bond acceptors (Lipinski definition) is 5. The van der Waals surface area contributed by atoms with Gasteiger partial charge in [0.25, 0.3) is 0 Å². The third-order valence-corrected chi connectivity index (χ3v) is 3.38. The zero-order valence-electron chi connectivity index (χ0n) is 12.7. The predicted octanol–water partition coefficient (Wildman–Crippen LogP) is 3.21. The molecule has 2 aromatic rings. The van der Waals surface area contributed by atoms with Crippen molar-refractivity contribution in [2.45, 2.75) is 12.5 Å². The van der Waals surface area contributed by atoms with Gasteiger partial charge in [-0.2, -0.15) is 4.39 Å². The van der Waals surface area contributed by atoms with Crippen LogP contribution in [0.25, 0.3) is 11.1 Å². The second-order valence-corrected chi connectivity index (χ2v) is 4.97. The molecule has 1 unspecified atom stereocenters. The van der Waals surface area contributed by atoms with Crippen LogP contribution in [0.5, 0.6) is 5.75 Å². The Hall–Kier alpha value is -1.89. The number of benzene rings is 1. The quantitative estimate of drug-likeness (QED) is 0.816. The van der Waals surface area contributed by atoms with Gasteiger partial charge in [-0.15, -0.1) is 24.8 Å². The highest BCUT2D eigenvalue weighted by Crippen LogP contribution is 2.29. The summed E-state index contributed by atoms with van der Waals surface area (Å²) in [5.74, 6) is 0.189. The topological polar surface area (TPSA) is 69.7 Å². The fourth-order valence-electron chi connectivity index (χ4n) is 2.25. The van der Waals surface area contributed by atoms with E-state index in [9.17, 15) is 4.39 Å². The van der Waals surface area contributed by atoms with Crippen molar-refractivity contribution in [2.24, 2.45) is 10.9 Å². The number of hydrogen-bond donors (Lipinski definition) is 1. The molecule has 0 saturated heterocycles. The first kappa shape index (κ1) is 20.2. The maximum absolute atomic E-state index is 12.9. The summed E-state index contributed by atoms with van der Waals surface area (Å²) in [5, 5.41) is 3.90. The van der Waals surface area contributed by atoms with Gasteiger partial charge in [-0.05, 0) is 18.2 Å². The molecule has 130 valence electrons. The van der Waals surface area contributed by atoms with Gasteiger partial charge >= 0.3 is 0 Å². The van der Waals surface area contributed by atoms with Crippen molar-refractivity contribution in [3.05, 3.63) is 48.5 Å². The van der Waals surface area contributed by atoms with Crippen molar-refractivity contribution in [3.8, 4) is 16.9 Å². The second-order valence-electron chi connectivity index (χ2n) is 4.97. The van der Waals surface area contributed by atoms with Gasteiger partial charge in [-0.25, -0.2) is 4.98 Å². The smallest absolute Gasteiger partial charge is 0.212 e. The van der Waals surface area contributed by atoms with E-state index in [-0.39, 0.29) is 30.9 Å². The monoisotopic (exact) mass is 373 g/mol. The molecule has 0 fully saturated rings. The van der Waals surface area contributed by atoms with Crippen molar-refractivity contribution in [1.29, 1.82) is 0 Å². The van der Waals surface area contributed by atoms with Crippen LogP contribution in [-0.2, 0) is 4.84 Å². The van der Waals surface area contributed by atoms with E-state index in [1.807, 2.05) is 24.3 Å². The highest BCUT2D eigenvalue weighted by Gasteiger charge is 2.21. The number of nitrogens with zero attached hydrogens (tertiary/aromatic N) is 2. The van der Waals surface area contributed by atoms with Crippen LogP contribution >= 0.6 is 24.8 Å². The van der Waals surface area contributed by atoms with Crippen LogP contribution < -0.4 is 10.5 Å². The van der Waals surface area contributed by atoms with Crippen LogP contribution in [0.1, 0.15) is 6.42 Å². The number of para-hydroxylation sites is 1. The lowest BCUT2D eigenvalue weighted by Crippen LogP contribution is -2.20. The molecule has 1 aromatic heterocycles. The summed E-state index contributed by atoms with van der Waals surface area (Å²) in [6, 6.07) is 10.5. The Bertz CT molecular complexity index is 683. The van der Waals surface area contributed by atoms with Gasteiger partial charge in [0, 0.05) is 30.3 Å². The normalized spacial score (nSPS) is 15.6. The molecule has 0 spiro atoms. The molecular formula is C16H18Cl2FN3O2. The molecule has 2 N–H and O–H groups in total. The Labute approximate surface area is 151 Å². The minimum atomic E-state index is -0.507. The summed E-state index contributed by atoms with van der Waals surface area (Å²) in [4.78, 5) is 8.94. The fraction of sp³-hybridized carbons (Fsp3) is 0.250. The van der Waals surface area contributed by atoms with Gasteiger partial charge < -0.3 is 15.3 Å². The van der Waals surface area contributed by atoms with Crippen LogP contribution in [0.3, 0.4) is 0 Å². The van der Waals surface area contributed by atoms with Gasteiger partial charge in [0.15, 0.2) is 6.10 Å². The Morgan fingerprint density at radius 3 is 2.67 bits per heavy atom. The first-order valence-electron chi connectivity index (χ1n) is 7.01. The van der Waals surface area contributed by atoms with Gasteiger partial charge in [0.2, 0.25) is 5.95 Å².